The van der Waals surface area contributed by atoms with Gasteiger partial charge in [-0.05, 0) is 44.9 Å². The molecule has 128 valence electrons. The van der Waals surface area contributed by atoms with Gasteiger partial charge in [-0.1, -0.05) is 19.3 Å². The van der Waals surface area contributed by atoms with E-state index in [2.05, 4.69) is 10.6 Å². The SMILES string of the molecule is CC(C)(C#N)C(=O)Nc1ccc(F)c(NC(=O)C2CCCCC2)c1. The van der Waals surface area contributed by atoms with Gasteiger partial charge < -0.3 is 10.6 Å². The van der Waals surface area contributed by atoms with Crippen molar-refractivity contribution in [3.8, 4) is 6.07 Å². The molecule has 1 saturated carbocycles. The predicted octanol–water partition coefficient (Wildman–Crippen LogP) is 3.83. The molecule has 1 aliphatic rings. The number of carbonyl (C=O) groups excluding carboxylic acids is 2. The van der Waals surface area contributed by atoms with Crippen LogP contribution in [0.1, 0.15) is 46.0 Å². The van der Waals surface area contributed by atoms with E-state index in [1.165, 1.54) is 32.0 Å². The number of hydrogen-bond acceptors (Lipinski definition) is 3. The molecule has 2 N–H and O–H groups in total. The van der Waals surface area contributed by atoms with Crippen LogP contribution in [0.2, 0.25) is 0 Å². The second-order valence-corrected chi connectivity index (χ2v) is 6.71. The molecular weight excluding hydrogens is 309 g/mol. The minimum Gasteiger partial charge on any atom is -0.325 e. The molecule has 1 aromatic carbocycles. The summed E-state index contributed by atoms with van der Waals surface area (Å²) in [6.45, 7) is 3.00. The number of nitrogens with one attached hydrogen (secondary N) is 2. The first-order valence-electron chi connectivity index (χ1n) is 8.16. The van der Waals surface area contributed by atoms with Crippen LogP contribution in [-0.4, -0.2) is 11.8 Å². The first-order chi connectivity index (χ1) is 11.3. The van der Waals surface area contributed by atoms with E-state index in [0.29, 0.717) is 5.69 Å². The van der Waals surface area contributed by atoms with Crippen molar-refractivity contribution in [1.82, 2.24) is 0 Å². The second-order valence-electron chi connectivity index (χ2n) is 6.71. The van der Waals surface area contributed by atoms with Crippen molar-refractivity contribution in [3.05, 3.63) is 24.0 Å². The molecular formula is C18H22FN3O2. The molecule has 0 saturated heterocycles. The smallest absolute Gasteiger partial charge is 0.244 e. The number of carbonyl (C=O) groups is 2. The topological polar surface area (TPSA) is 82.0 Å². The third-order valence-corrected chi connectivity index (χ3v) is 4.31. The first kappa shape index (κ1) is 17.9. The minimum absolute atomic E-state index is 0.0399. The quantitative estimate of drug-likeness (QED) is 0.879. The highest BCUT2D eigenvalue weighted by Crippen LogP contribution is 2.27. The van der Waals surface area contributed by atoms with E-state index >= 15 is 0 Å². The molecule has 5 nitrogen and oxygen atoms in total. The Bertz CT molecular complexity index is 673. The molecule has 0 aliphatic heterocycles. The Morgan fingerprint density at radius 3 is 2.50 bits per heavy atom. The van der Waals surface area contributed by atoms with Crippen molar-refractivity contribution in [2.75, 3.05) is 10.6 Å². The van der Waals surface area contributed by atoms with Gasteiger partial charge in [0.1, 0.15) is 11.2 Å². The molecule has 0 unspecified atom stereocenters. The van der Waals surface area contributed by atoms with Crippen LogP contribution in [0.25, 0.3) is 0 Å². The second kappa shape index (κ2) is 7.43. The largest absolute Gasteiger partial charge is 0.325 e. The van der Waals surface area contributed by atoms with Gasteiger partial charge in [-0.3, -0.25) is 9.59 Å². The van der Waals surface area contributed by atoms with Crippen LogP contribution in [0.3, 0.4) is 0 Å². The molecule has 1 aliphatic carbocycles. The summed E-state index contributed by atoms with van der Waals surface area (Å²) in [5.74, 6) is -1.32. The van der Waals surface area contributed by atoms with Gasteiger partial charge >= 0.3 is 0 Å². The lowest BCUT2D eigenvalue weighted by atomic mass is 9.88. The Hall–Kier alpha value is -2.42. The number of anilines is 2. The van der Waals surface area contributed by atoms with Gasteiger partial charge in [0, 0.05) is 11.6 Å². The summed E-state index contributed by atoms with van der Waals surface area (Å²) < 4.78 is 14.0. The van der Waals surface area contributed by atoms with Crippen LogP contribution in [0.5, 0.6) is 0 Å². The predicted molar refractivity (Wildman–Crippen MR) is 89.6 cm³/mol. The van der Waals surface area contributed by atoms with Crippen molar-refractivity contribution in [1.29, 1.82) is 5.26 Å². The lowest BCUT2D eigenvalue weighted by molar-refractivity contribution is -0.121. The number of amides is 2. The Morgan fingerprint density at radius 1 is 1.21 bits per heavy atom. The van der Waals surface area contributed by atoms with Crippen LogP contribution in [0, 0.1) is 28.5 Å². The Morgan fingerprint density at radius 2 is 1.88 bits per heavy atom. The lowest BCUT2D eigenvalue weighted by Gasteiger charge is -2.21. The van der Waals surface area contributed by atoms with E-state index in [0.717, 1.165) is 32.1 Å². The number of hydrogen-bond donors (Lipinski definition) is 2. The molecule has 0 heterocycles. The van der Waals surface area contributed by atoms with Gasteiger partial charge in [-0.2, -0.15) is 5.26 Å². The van der Waals surface area contributed by atoms with E-state index in [-0.39, 0.29) is 17.5 Å². The average molecular weight is 331 g/mol. The normalized spacial score (nSPS) is 15.4. The fourth-order valence-corrected chi connectivity index (χ4v) is 2.64. The van der Waals surface area contributed by atoms with E-state index in [9.17, 15) is 14.0 Å². The van der Waals surface area contributed by atoms with Gasteiger partial charge in [0.2, 0.25) is 11.8 Å². The van der Waals surface area contributed by atoms with E-state index in [4.69, 9.17) is 5.26 Å². The Kier molecular flexibility index (Phi) is 5.55. The third kappa shape index (κ3) is 4.31. The van der Waals surface area contributed by atoms with Crippen molar-refractivity contribution < 1.29 is 14.0 Å². The molecule has 1 aromatic rings. The highest BCUT2D eigenvalue weighted by Gasteiger charge is 2.27. The summed E-state index contributed by atoms with van der Waals surface area (Å²) in [7, 11) is 0. The van der Waals surface area contributed by atoms with Crippen LogP contribution in [0.4, 0.5) is 15.8 Å². The number of nitriles is 1. The summed E-state index contributed by atoms with van der Waals surface area (Å²) in [4.78, 5) is 24.3. The zero-order valence-electron chi connectivity index (χ0n) is 14.0. The van der Waals surface area contributed by atoms with Gasteiger partial charge in [-0.25, -0.2) is 4.39 Å². The van der Waals surface area contributed by atoms with E-state index in [1.807, 2.05) is 6.07 Å². The van der Waals surface area contributed by atoms with Crippen molar-refractivity contribution in [2.24, 2.45) is 11.3 Å². The van der Waals surface area contributed by atoms with Crippen LogP contribution in [-0.2, 0) is 9.59 Å². The zero-order valence-corrected chi connectivity index (χ0v) is 14.0. The van der Waals surface area contributed by atoms with Crippen molar-refractivity contribution >= 4 is 23.2 Å². The third-order valence-electron chi connectivity index (χ3n) is 4.31. The van der Waals surface area contributed by atoms with Crippen molar-refractivity contribution in [2.45, 2.75) is 46.0 Å². The minimum atomic E-state index is -1.19. The van der Waals surface area contributed by atoms with Crippen LogP contribution >= 0.6 is 0 Å². The summed E-state index contributed by atoms with van der Waals surface area (Å²) >= 11 is 0. The van der Waals surface area contributed by atoms with Crippen LogP contribution in [0.15, 0.2) is 18.2 Å². The molecule has 0 radical (unpaired) electrons. The lowest BCUT2D eigenvalue weighted by Crippen LogP contribution is -2.29. The van der Waals surface area contributed by atoms with E-state index < -0.39 is 17.1 Å². The molecule has 2 rings (SSSR count). The Labute approximate surface area is 141 Å². The maximum absolute atomic E-state index is 14.0. The van der Waals surface area contributed by atoms with E-state index in [1.54, 1.807) is 0 Å². The average Bonchev–Trinajstić information content (AvgIpc) is 2.58. The number of halogens is 1. The molecule has 1 fully saturated rings. The van der Waals surface area contributed by atoms with Gasteiger partial charge in [0.05, 0.1) is 11.8 Å². The first-order valence-corrected chi connectivity index (χ1v) is 8.16. The van der Waals surface area contributed by atoms with Gasteiger partial charge in [0.25, 0.3) is 0 Å². The number of rotatable bonds is 4. The molecule has 0 spiro atoms. The highest BCUT2D eigenvalue weighted by atomic mass is 19.1. The van der Waals surface area contributed by atoms with Crippen LogP contribution < -0.4 is 10.6 Å². The van der Waals surface area contributed by atoms with Gasteiger partial charge in [0.15, 0.2) is 0 Å². The number of nitrogens with zero attached hydrogens (tertiary/aromatic N) is 1. The molecule has 2 amide bonds. The zero-order chi connectivity index (χ0) is 17.7. The number of benzene rings is 1. The maximum atomic E-state index is 14.0. The summed E-state index contributed by atoms with van der Waals surface area (Å²) in [5, 5.41) is 14.2. The van der Waals surface area contributed by atoms with Gasteiger partial charge in [-0.15, -0.1) is 0 Å². The molecule has 6 heteroatoms. The molecule has 0 aromatic heterocycles. The molecule has 0 bridgehead atoms. The van der Waals surface area contributed by atoms with Crippen molar-refractivity contribution in [3.63, 3.8) is 0 Å². The molecule has 0 atom stereocenters. The standard InChI is InChI=1S/C18H22FN3O2/c1-18(2,11-20)17(24)21-13-8-9-14(19)15(10-13)22-16(23)12-6-4-3-5-7-12/h8-10,12H,3-7H2,1-2H3,(H,21,24)(H,22,23). The highest BCUT2D eigenvalue weighted by molar-refractivity contribution is 5.98. The monoisotopic (exact) mass is 331 g/mol. The summed E-state index contributed by atoms with van der Waals surface area (Å²) in [6.07, 6.45) is 4.80. The summed E-state index contributed by atoms with van der Waals surface area (Å²) in [5.41, 5.74) is -0.818. The maximum Gasteiger partial charge on any atom is 0.244 e. The fourth-order valence-electron chi connectivity index (χ4n) is 2.64. The summed E-state index contributed by atoms with van der Waals surface area (Å²) in [6, 6.07) is 5.87. The fraction of sp³-hybridized carbons (Fsp3) is 0.500. The Balaban J connectivity index is 2.09. The molecule has 24 heavy (non-hydrogen) atoms.